The van der Waals surface area contributed by atoms with Gasteiger partial charge in [-0.05, 0) is 50.9 Å². The minimum atomic E-state index is -4.23. The molecule has 0 amide bonds. The first-order chi connectivity index (χ1) is 15.5. The summed E-state index contributed by atoms with van der Waals surface area (Å²) in [6, 6.07) is 0.944. The fourth-order valence-electron chi connectivity index (χ4n) is 3.06. The number of hydrogen-bond acceptors (Lipinski definition) is 7. The van der Waals surface area contributed by atoms with Gasteiger partial charge in [0, 0.05) is 22.1 Å². The van der Waals surface area contributed by atoms with Gasteiger partial charge >= 0.3 is 18.4 Å². The highest BCUT2D eigenvalue weighted by molar-refractivity contribution is 9.11. The molecular formula is C19H17Br2ClF3N3O6. The molecule has 2 aromatic rings. The van der Waals surface area contributed by atoms with Crippen molar-refractivity contribution in [3.05, 3.63) is 61.4 Å². The maximum atomic E-state index is 14.1. The molecule has 0 radical (unpaired) electrons. The van der Waals surface area contributed by atoms with E-state index in [1.54, 1.807) is 0 Å². The molecule has 15 heteroatoms. The molecule has 0 saturated carbocycles. The van der Waals surface area contributed by atoms with Crippen molar-refractivity contribution in [2.45, 2.75) is 25.4 Å². The fraction of sp³-hybridized carbons (Fsp3) is 0.263. The number of hydrogen-bond donors (Lipinski definition) is 5. The molecule has 0 unspecified atom stereocenters. The molecule has 186 valence electrons. The molecule has 1 aromatic carbocycles. The van der Waals surface area contributed by atoms with Gasteiger partial charge in [-0.25, -0.2) is 4.39 Å². The first-order valence-corrected chi connectivity index (χ1v) is 10.9. The molecule has 0 aliphatic heterocycles. The van der Waals surface area contributed by atoms with Crippen LogP contribution in [0.5, 0.6) is 0 Å². The fourth-order valence-corrected chi connectivity index (χ4v) is 4.85. The summed E-state index contributed by atoms with van der Waals surface area (Å²) < 4.78 is 41.4. The number of Topliss-reactive ketones (excluding diaryl/α,β-unsaturated/α-hetero) is 1. The molecule has 0 saturated heterocycles. The van der Waals surface area contributed by atoms with Crippen LogP contribution < -0.4 is 5.62 Å². The molecule has 1 aromatic heterocycles. The minimum Gasteiger partial charge on any atom is -0.342 e. The van der Waals surface area contributed by atoms with Crippen molar-refractivity contribution in [2.24, 2.45) is 4.99 Å². The number of aliphatic hydroxyl groups is 5. The summed E-state index contributed by atoms with van der Waals surface area (Å²) in [6.07, 6.45) is 2.02. The van der Waals surface area contributed by atoms with Gasteiger partial charge in [0.1, 0.15) is 5.83 Å². The zero-order valence-corrected chi connectivity index (χ0v) is 21.2. The molecular weight excluding hydrogens is 618 g/mol. The Balaban J connectivity index is 3.14. The zero-order valence-electron chi connectivity index (χ0n) is 17.3. The van der Waals surface area contributed by atoms with Crippen LogP contribution in [0.3, 0.4) is 0 Å². The second-order valence-electron chi connectivity index (χ2n) is 6.66. The maximum Gasteiger partial charge on any atom is 0.355 e. The van der Waals surface area contributed by atoms with Crippen LogP contribution in [0.15, 0.2) is 55.2 Å². The average Bonchev–Trinajstić information content (AvgIpc) is 3.05. The number of allylic oxidation sites excluding steroid dienone is 5. The van der Waals surface area contributed by atoms with Crippen LogP contribution in [-0.4, -0.2) is 53.5 Å². The second kappa shape index (κ2) is 10.1. The van der Waals surface area contributed by atoms with E-state index < -0.39 is 46.7 Å². The van der Waals surface area contributed by atoms with E-state index in [9.17, 15) is 43.5 Å². The Labute approximate surface area is 211 Å². The summed E-state index contributed by atoms with van der Waals surface area (Å²) in [5.41, 5.74) is -2.76. The highest BCUT2D eigenvalue weighted by Gasteiger charge is 2.51. The number of carbonyl (C=O) groups is 1. The van der Waals surface area contributed by atoms with Crippen LogP contribution in [0, 0.1) is 0 Å². The van der Waals surface area contributed by atoms with Crippen molar-refractivity contribution in [3.63, 3.8) is 0 Å². The van der Waals surface area contributed by atoms with Crippen LogP contribution in [0.25, 0.3) is 11.0 Å². The Hall–Kier alpha value is -1.78. The summed E-state index contributed by atoms with van der Waals surface area (Å²) >= 11 is 12.1. The van der Waals surface area contributed by atoms with E-state index in [-0.39, 0.29) is 34.2 Å². The normalized spacial score (nSPS) is 14.5. The predicted octanol–water partition coefficient (Wildman–Crippen LogP) is 2.85. The number of ketones is 1. The van der Waals surface area contributed by atoms with E-state index in [0.29, 0.717) is 0 Å². The van der Waals surface area contributed by atoms with E-state index in [0.717, 1.165) is 19.2 Å². The Bertz CT molecular complexity index is 1310. The lowest BCUT2D eigenvalue weighted by Gasteiger charge is -2.31. The molecule has 0 fully saturated rings. The summed E-state index contributed by atoms with van der Waals surface area (Å²) in [6.45, 7) is 1.10. The third-order valence-electron chi connectivity index (χ3n) is 4.51. The number of aromatic nitrogens is 2. The quantitative estimate of drug-likeness (QED) is 0.137. The predicted molar refractivity (Wildman–Crippen MR) is 122 cm³/mol. The third-order valence-corrected chi connectivity index (χ3v) is 6.33. The Kier molecular flexibility index (Phi) is 8.43. The molecule has 9 nitrogen and oxygen atoms in total. The summed E-state index contributed by atoms with van der Waals surface area (Å²) in [7, 11) is 0.974. The van der Waals surface area contributed by atoms with Gasteiger partial charge in [0.2, 0.25) is 5.62 Å². The van der Waals surface area contributed by atoms with Crippen molar-refractivity contribution in [2.75, 3.05) is 7.05 Å². The number of imidazole rings is 1. The molecule has 0 aliphatic rings. The molecule has 0 aliphatic carbocycles. The molecule has 0 spiro atoms. The molecule has 5 N–H and O–H groups in total. The maximum absolute atomic E-state index is 14.1. The average molecular weight is 636 g/mol. The molecule has 1 heterocycles. The van der Waals surface area contributed by atoms with Gasteiger partial charge in [0.05, 0.1) is 21.1 Å². The third kappa shape index (κ3) is 4.81. The molecule has 0 atom stereocenters. The Morgan fingerprint density at radius 3 is 2.24 bits per heavy atom. The molecule has 2 rings (SSSR count). The van der Waals surface area contributed by atoms with Gasteiger partial charge in [-0.1, -0.05) is 24.3 Å². The highest BCUT2D eigenvalue weighted by Crippen LogP contribution is 2.39. The van der Waals surface area contributed by atoms with Crippen LogP contribution in [-0.2, 0) is 5.91 Å². The van der Waals surface area contributed by atoms with Gasteiger partial charge in [0.25, 0.3) is 0 Å². The van der Waals surface area contributed by atoms with Crippen molar-refractivity contribution in [1.82, 2.24) is 9.13 Å². The van der Waals surface area contributed by atoms with Crippen LogP contribution in [0.1, 0.15) is 23.8 Å². The summed E-state index contributed by atoms with van der Waals surface area (Å²) in [5, 5.41) is 48.7. The largest absolute Gasteiger partial charge is 0.355 e. The van der Waals surface area contributed by atoms with Gasteiger partial charge in [-0.3, -0.25) is 18.9 Å². The minimum absolute atomic E-state index is 0.108. The van der Waals surface area contributed by atoms with Gasteiger partial charge in [-0.2, -0.15) is 8.78 Å². The van der Waals surface area contributed by atoms with Gasteiger partial charge in [-0.15, -0.1) is 0 Å². The van der Waals surface area contributed by atoms with Crippen molar-refractivity contribution in [3.8, 4) is 0 Å². The summed E-state index contributed by atoms with van der Waals surface area (Å²) in [5.74, 6) is -10.2. The first kappa shape index (κ1) is 28.5. The first-order valence-electron chi connectivity index (χ1n) is 8.94. The lowest BCUT2D eigenvalue weighted by Crippen LogP contribution is -2.59. The van der Waals surface area contributed by atoms with E-state index >= 15 is 0 Å². The number of benzene rings is 1. The SMILES string of the molecule is C=C(F)/C=C(C(=O)c1c(Br)cc2c(c1Br)n(C(F)F)c(=NC)n2C(O)(O)C(O)(O)O)\C(Cl)=C/C. The lowest BCUT2D eigenvalue weighted by atomic mass is 10.0. The van der Waals surface area contributed by atoms with Crippen molar-refractivity contribution in [1.29, 1.82) is 0 Å². The number of alkyl halides is 2. The summed E-state index contributed by atoms with van der Waals surface area (Å²) in [4.78, 5) is 16.8. The molecule has 0 bridgehead atoms. The monoisotopic (exact) mass is 633 g/mol. The highest BCUT2D eigenvalue weighted by atomic mass is 79.9. The van der Waals surface area contributed by atoms with Crippen LogP contribution in [0.4, 0.5) is 13.2 Å². The second-order valence-corrected chi connectivity index (χ2v) is 8.72. The van der Waals surface area contributed by atoms with E-state index in [1.807, 2.05) is 0 Å². The number of halogens is 6. The van der Waals surface area contributed by atoms with E-state index in [2.05, 4.69) is 43.4 Å². The topological polar surface area (TPSA) is 140 Å². The standard InChI is InChI=1S/C19H17Br2ClF3N3O6/c1-4-10(22)8(5-7(2)23)15(29)12-9(20)6-11-14(13(12)21)27(16(24)25)17(26-3)28(11)18(30,31)19(32,33)34/h4-6,16,30-34H,2H2,1,3H3/b8-5+,10-4+,26-17?. The van der Waals surface area contributed by atoms with Gasteiger partial charge in [0.15, 0.2) is 5.78 Å². The number of carbonyl (C=O) groups excluding carboxylic acids is 1. The van der Waals surface area contributed by atoms with Crippen LogP contribution in [0.2, 0.25) is 0 Å². The Morgan fingerprint density at radius 1 is 1.26 bits per heavy atom. The number of nitrogens with zero attached hydrogens (tertiary/aromatic N) is 3. The van der Waals surface area contributed by atoms with E-state index in [4.69, 9.17) is 11.6 Å². The van der Waals surface area contributed by atoms with E-state index in [1.165, 1.54) is 13.0 Å². The molecule has 34 heavy (non-hydrogen) atoms. The van der Waals surface area contributed by atoms with Crippen molar-refractivity contribution >= 4 is 60.3 Å². The van der Waals surface area contributed by atoms with Crippen molar-refractivity contribution < 1.29 is 43.5 Å². The van der Waals surface area contributed by atoms with Crippen LogP contribution >= 0.6 is 43.5 Å². The zero-order chi connectivity index (χ0) is 26.3. The Morgan fingerprint density at radius 2 is 1.82 bits per heavy atom. The lowest BCUT2D eigenvalue weighted by molar-refractivity contribution is -0.480. The number of fused-ring (bicyclic) bond motifs is 1. The smallest absolute Gasteiger partial charge is 0.342 e. The van der Waals surface area contributed by atoms with Gasteiger partial charge < -0.3 is 25.5 Å². The number of rotatable bonds is 7.